The summed E-state index contributed by atoms with van der Waals surface area (Å²) in [5, 5.41) is 0. The average Bonchev–Trinajstić information content (AvgIpc) is 2.70. The van der Waals surface area contributed by atoms with Gasteiger partial charge in [0.15, 0.2) is 5.78 Å². The number of nitrogens with zero attached hydrogens (tertiary/aromatic N) is 1. The van der Waals surface area contributed by atoms with Crippen LogP contribution in [0.4, 0.5) is 5.69 Å². The van der Waals surface area contributed by atoms with Crippen molar-refractivity contribution in [2.45, 2.75) is 27.2 Å². The molecule has 1 saturated heterocycles. The van der Waals surface area contributed by atoms with E-state index in [2.05, 4.69) is 4.90 Å². The van der Waals surface area contributed by atoms with Crippen LogP contribution in [0.3, 0.4) is 0 Å². The second-order valence-corrected chi connectivity index (χ2v) is 4.06. The van der Waals surface area contributed by atoms with Crippen LogP contribution in [-0.4, -0.2) is 32.1 Å². The molecular formula is C15H23NO2. The Morgan fingerprint density at radius 1 is 1.11 bits per heavy atom. The van der Waals surface area contributed by atoms with Crippen LogP contribution >= 0.6 is 0 Å². The van der Waals surface area contributed by atoms with Gasteiger partial charge >= 0.3 is 0 Å². The van der Waals surface area contributed by atoms with Crippen LogP contribution in [0.5, 0.6) is 0 Å². The first kappa shape index (κ1) is 14.7. The van der Waals surface area contributed by atoms with Gasteiger partial charge in [-0.3, -0.25) is 4.79 Å². The van der Waals surface area contributed by atoms with Gasteiger partial charge in [0.1, 0.15) is 0 Å². The van der Waals surface area contributed by atoms with Crippen molar-refractivity contribution >= 4 is 11.5 Å². The fourth-order valence-corrected chi connectivity index (χ4v) is 1.91. The van der Waals surface area contributed by atoms with Gasteiger partial charge in [-0.2, -0.15) is 0 Å². The molecule has 0 atom stereocenters. The second kappa shape index (κ2) is 7.88. The van der Waals surface area contributed by atoms with E-state index in [9.17, 15) is 4.79 Å². The Balaban J connectivity index is 0.000000771. The van der Waals surface area contributed by atoms with Crippen molar-refractivity contribution in [3.05, 3.63) is 29.8 Å². The Hall–Kier alpha value is -1.35. The molecule has 3 heteroatoms. The van der Waals surface area contributed by atoms with E-state index in [-0.39, 0.29) is 5.78 Å². The van der Waals surface area contributed by atoms with Gasteiger partial charge in [-0.1, -0.05) is 13.8 Å². The Kier molecular flexibility index (Phi) is 6.44. The summed E-state index contributed by atoms with van der Waals surface area (Å²) in [6.45, 7) is 9.18. The molecule has 0 spiro atoms. The van der Waals surface area contributed by atoms with Crippen molar-refractivity contribution in [3.63, 3.8) is 0 Å². The Labute approximate surface area is 110 Å². The third-order valence-electron chi connectivity index (χ3n) is 2.86. The zero-order chi connectivity index (χ0) is 13.4. The van der Waals surface area contributed by atoms with E-state index in [1.165, 1.54) is 5.69 Å². The summed E-state index contributed by atoms with van der Waals surface area (Å²) in [7, 11) is 0. The lowest BCUT2D eigenvalue weighted by molar-refractivity contribution is 0.101. The van der Waals surface area contributed by atoms with Crippen molar-refractivity contribution in [2.75, 3.05) is 31.2 Å². The lowest BCUT2D eigenvalue weighted by atomic mass is 10.1. The van der Waals surface area contributed by atoms with Crippen molar-refractivity contribution in [3.8, 4) is 0 Å². The highest BCUT2D eigenvalue weighted by Crippen LogP contribution is 2.17. The maximum Gasteiger partial charge on any atom is 0.159 e. The molecular weight excluding hydrogens is 226 g/mol. The highest BCUT2D eigenvalue weighted by molar-refractivity contribution is 5.94. The minimum Gasteiger partial charge on any atom is -0.380 e. The largest absolute Gasteiger partial charge is 0.380 e. The molecule has 1 fully saturated rings. The monoisotopic (exact) mass is 249 g/mol. The first-order chi connectivity index (χ1) is 8.77. The number of benzene rings is 1. The molecule has 1 heterocycles. The maximum absolute atomic E-state index is 11.2. The van der Waals surface area contributed by atoms with Gasteiger partial charge in [0.2, 0.25) is 0 Å². The molecule has 0 saturated carbocycles. The number of hydrogen-bond acceptors (Lipinski definition) is 3. The lowest BCUT2D eigenvalue weighted by Gasteiger charge is -2.21. The number of Topliss-reactive ketones (excluding diaryl/α,β-unsaturated/α-hetero) is 1. The smallest absolute Gasteiger partial charge is 0.159 e. The van der Waals surface area contributed by atoms with E-state index in [1.807, 2.05) is 38.1 Å². The number of ketones is 1. The molecule has 0 bridgehead atoms. The third-order valence-corrected chi connectivity index (χ3v) is 2.86. The molecule has 0 N–H and O–H groups in total. The van der Waals surface area contributed by atoms with Crippen molar-refractivity contribution in [1.29, 1.82) is 0 Å². The predicted molar refractivity (Wildman–Crippen MR) is 75.4 cm³/mol. The number of rotatable bonds is 2. The molecule has 1 aliphatic heterocycles. The molecule has 18 heavy (non-hydrogen) atoms. The summed E-state index contributed by atoms with van der Waals surface area (Å²) < 4.78 is 5.41. The van der Waals surface area contributed by atoms with Gasteiger partial charge in [0, 0.05) is 30.9 Å². The van der Waals surface area contributed by atoms with Gasteiger partial charge in [-0.15, -0.1) is 0 Å². The molecule has 1 aromatic rings. The van der Waals surface area contributed by atoms with E-state index in [0.29, 0.717) is 0 Å². The van der Waals surface area contributed by atoms with E-state index >= 15 is 0 Å². The number of carbonyl (C=O) groups is 1. The maximum atomic E-state index is 11.2. The Bertz CT molecular complexity index is 351. The van der Waals surface area contributed by atoms with Crippen LogP contribution in [0.2, 0.25) is 0 Å². The molecule has 0 aliphatic carbocycles. The predicted octanol–water partition coefficient (Wildman–Crippen LogP) is 3.14. The molecule has 0 aromatic heterocycles. The highest BCUT2D eigenvalue weighted by Gasteiger charge is 2.10. The topological polar surface area (TPSA) is 29.5 Å². The molecule has 0 radical (unpaired) electrons. The first-order valence-corrected chi connectivity index (χ1v) is 6.71. The lowest BCUT2D eigenvalue weighted by Crippen LogP contribution is -2.25. The first-order valence-electron chi connectivity index (χ1n) is 6.71. The molecule has 1 aromatic carbocycles. The van der Waals surface area contributed by atoms with Crippen molar-refractivity contribution in [2.24, 2.45) is 0 Å². The fraction of sp³-hybridized carbons (Fsp3) is 0.533. The fourth-order valence-electron chi connectivity index (χ4n) is 1.91. The molecule has 2 rings (SSSR count). The summed E-state index contributed by atoms with van der Waals surface area (Å²) in [5.41, 5.74) is 1.95. The molecule has 0 unspecified atom stereocenters. The minimum absolute atomic E-state index is 0.116. The van der Waals surface area contributed by atoms with Crippen LogP contribution in [0, 0.1) is 0 Å². The number of carbonyl (C=O) groups excluding carboxylic acids is 1. The average molecular weight is 249 g/mol. The molecule has 100 valence electrons. The second-order valence-electron chi connectivity index (χ2n) is 4.06. The summed E-state index contributed by atoms with van der Waals surface area (Å²) in [6, 6.07) is 7.82. The molecule has 3 nitrogen and oxygen atoms in total. The van der Waals surface area contributed by atoms with E-state index in [1.54, 1.807) is 6.92 Å². The van der Waals surface area contributed by atoms with E-state index in [0.717, 1.165) is 38.3 Å². The van der Waals surface area contributed by atoms with E-state index in [4.69, 9.17) is 4.74 Å². The zero-order valence-electron chi connectivity index (χ0n) is 11.6. The van der Waals surface area contributed by atoms with Gasteiger partial charge in [-0.05, 0) is 37.6 Å². The number of hydrogen-bond donors (Lipinski definition) is 0. The highest BCUT2D eigenvalue weighted by atomic mass is 16.5. The summed E-state index contributed by atoms with van der Waals surface area (Å²) in [5.74, 6) is 0.116. The van der Waals surface area contributed by atoms with Gasteiger partial charge in [0.25, 0.3) is 0 Å². The Morgan fingerprint density at radius 2 is 1.78 bits per heavy atom. The van der Waals surface area contributed by atoms with Gasteiger partial charge in [-0.25, -0.2) is 0 Å². The number of ether oxygens (including phenoxy) is 1. The standard InChI is InChI=1S/C13H17NO2.C2H6/c1-11(15)12-3-5-13(6-4-12)14-7-2-9-16-10-8-14;1-2/h3-6H,2,7-10H2,1H3;1-2H3. The SMILES string of the molecule is CC.CC(=O)c1ccc(N2CCCOCC2)cc1. The molecule has 0 amide bonds. The van der Waals surface area contributed by atoms with Gasteiger partial charge in [0.05, 0.1) is 6.61 Å². The van der Waals surface area contributed by atoms with Crippen molar-refractivity contribution < 1.29 is 9.53 Å². The Morgan fingerprint density at radius 3 is 2.39 bits per heavy atom. The third kappa shape index (κ3) is 4.15. The van der Waals surface area contributed by atoms with Crippen LogP contribution < -0.4 is 4.90 Å². The number of anilines is 1. The normalized spacial score (nSPS) is 15.4. The summed E-state index contributed by atoms with van der Waals surface area (Å²) >= 11 is 0. The van der Waals surface area contributed by atoms with Gasteiger partial charge < -0.3 is 9.64 Å². The quantitative estimate of drug-likeness (QED) is 0.754. The zero-order valence-corrected chi connectivity index (χ0v) is 11.6. The summed E-state index contributed by atoms with van der Waals surface area (Å²) in [6.07, 6.45) is 1.06. The van der Waals surface area contributed by atoms with Crippen LogP contribution in [-0.2, 0) is 4.74 Å². The molecule has 1 aliphatic rings. The minimum atomic E-state index is 0.116. The van der Waals surface area contributed by atoms with E-state index < -0.39 is 0 Å². The summed E-state index contributed by atoms with van der Waals surface area (Å²) in [4.78, 5) is 13.5. The van der Waals surface area contributed by atoms with Crippen molar-refractivity contribution in [1.82, 2.24) is 0 Å². The van der Waals surface area contributed by atoms with Crippen LogP contribution in [0.1, 0.15) is 37.6 Å². The van der Waals surface area contributed by atoms with Crippen LogP contribution in [0.25, 0.3) is 0 Å². The van der Waals surface area contributed by atoms with Crippen LogP contribution in [0.15, 0.2) is 24.3 Å².